The lowest BCUT2D eigenvalue weighted by molar-refractivity contribution is -0.135. The second kappa shape index (κ2) is 7.87. The van der Waals surface area contributed by atoms with Crippen molar-refractivity contribution in [2.45, 2.75) is 26.7 Å². The van der Waals surface area contributed by atoms with Gasteiger partial charge in [-0.3, -0.25) is 9.69 Å². The Hall–Kier alpha value is -1.36. The molecule has 5 heteroatoms. The van der Waals surface area contributed by atoms with E-state index in [4.69, 9.17) is 5.11 Å². The quantitative estimate of drug-likeness (QED) is 0.279. The van der Waals surface area contributed by atoms with E-state index >= 15 is 0 Å². The Morgan fingerprint density at radius 1 is 1.25 bits per heavy atom. The Bertz CT molecular complexity index is 258. The number of carbonyl (C=O) groups excluding carboxylic acids is 1. The molecule has 0 aliphatic rings. The Labute approximate surface area is 96.1 Å². The van der Waals surface area contributed by atoms with Crippen molar-refractivity contribution in [3.8, 4) is 0 Å². The molecule has 0 aromatic carbocycles. The van der Waals surface area contributed by atoms with Gasteiger partial charge >= 0.3 is 5.97 Å². The van der Waals surface area contributed by atoms with Crippen LogP contribution < -0.4 is 5.32 Å². The highest BCUT2D eigenvalue weighted by molar-refractivity contribution is 6.14. The van der Waals surface area contributed by atoms with Crippen LogP contribution in [-0.4, -0.2) is 41.6 Å². The number of carboxylic acid groups (broad SMARTS) is 1. The standard InChI is InChI=1S/C11H20N2O3/c1-4-6-13(7-5-2)8-12-10(14)9(3)11(15)16/h3-8H2,1-2H3,(H,12,14)(H,15,16). The van der Waals surface area contributed by atoms with Gasteiger partial charge < -0.3 is 10.4 Å². The first-order chi connectivity index (χ1) is 7.52. The molecule has 5 nitrogen and oxygen atoms in total. The molecule has 1 amide bonds. The second-order valence-electron chi connectivity index (χ2n) is 3.57. The smallest absolute Gasteiger partial charge is 0.340 e. The number of carbonyl (C=O) groups is 2. The van der Waals surface area contributed by atoms with Crippen molar-refractivity contribution in [2.24, 2.45) is 0 Å². The fourth-order valence-electron chi connectivity index (χ4n) is 1.29. The predicted octanol–water partition coefficient (Wildman–Crippen LogP) is 0.823. The summed E-state index contributed by atoms with van der Waals surface area (Å²) < 4.78 is 0. The van der Waals surface area contributed by atoms with Gasteiger partial charge in [-0.2, -0.15) is 0 Å². The first kappa shape index (κ1) is 14.6. The van der Waals surface area contributed by atoms with E-state index in [9.17, 15) is 9.59 Å². The number of rotatable bonds is 8. The number of nitrogens with zero attached hydrogens (tertiary/aromatic N) is 1. The third-order valence-corrected chi connectivity index (χ3v) is 2.08. The number of amides is 1. The SMILES string of the molecule is C=C(C(=O)O)C(=O)NCN(CCC)CCC. The average molecular weight is 228 g/mol. The van der Waals surface area contributed by atoms with Crippen LogP contribution in [0.5, 0.6) is 0 Å². The monoisotopic (exact) mass is 228 g/mol. The van der Waals surface area contributed by atoms with E-state index in [-0.39, 0.29) is 0 Å². The normalized spacial score (nSPS) is 10.2. The van der Waals surface area contributed by atoms with E-state index in [0.717, 1.165) is 25.9 Å². The molecule has 2 N–H and O–H groups in total. The zero-order chi connectivity index (χ0) is 12.6. The summed E-state index contributed by atoms with van der Waals surface area (Å²) in [6.07, 6.45) is 1.99. The summed E-state index contributed by atoms with van der Waals surface area (Å²) in [6.45, 7) is 9.44. The fourth-order valence-corrected chi connectivity index (χ4v) is 1.29. The Morgan fingerprint density at radius 2 is 1.75 bits per heavy atom. The van der Waals surface area contributed by atoms with Crippen LogP contribution in [0.2, 0.25) is 0 Å². The molecule has 0 aromatic heterocycles. The zero-order valence-corrected chi connectivity index (χ0v) is 9.95. The zero-order valence-electron chi connectivity index (χ0n) is 9.95. The Kier molecular flexibility index (Phi) is 7.20. The molecule has 0 rings (SSSR count). The number of hydrogen-bond acceptors (Lipinski definition) is 3. The first-order valence-corrected chi connectivity index (χ1v) is 5.45. The summed E-state index contributed by atoms with van der Waals surface area (Å²) in [5, 5.41) is 11.1. The third kappa shape index (κ3) is 5.50. The molecular weight excluding hydrogens is 208 g/mol. The van der Waals surface area contributed by atoms with E-state index in [1.807, 2.05) is 0 Å². The minimum Gasteiger partial charge on any atom is -0.478 e. The van der Waals surface area contributed by atoms with Crippen LogP contribution in [0.1, 0.15) is 26.7 Å². The molecule has 0 radical (unpaired) electrons. The number of carboxylic acids is 1. The lowest BCUT2D eigenvalue weighted by atomic mass is 10.3. The fraction of sp³-hybridized carbons (Fsp3) is 0.636. The largest absolute Gasteiger partial charge is 0.478 e. The number of aliphatic carboxylic acids is 1. The van der Waals surface area contributed by atoms with Gasteiger partial charge in [0.2, 0.25) is 0 Å². The van der Waals surface area contributed by atoms with E-state index in [1.165, 1.54) is 0 Å². The molecule has 0 atom stereocenters. The van der Waals surface area contributed by atoms with Crippen LogP contribution in [0.3, 0.4) is 0 Å². The molecular formula is C11H20N2O3. The van der Waals surface area contributed by atoms with Gasteiger partial charge in [0.05, 0.1) is 6.67 Å². The third-order valence-electron chi connectivity index (χ3n) is 2.08. The Morgan fingerprint density at radius 3 is 2.12 bits per heavy atom. The molecule has 0 bridgehead atoms. The van der Waals surface area contributed by atoms with Gasteiger partial charge in [0, 0.05) is 0 Å². The van der Waals surface area contributed by atoms with Crippen molar-refractivity contribution in [3.63, 3.8) is 0 Å². The maximum atomic E-state index is 11.3. The van der Waals surface area contributed by atoms with E-state index in [2.05, 4.69) is 30.6 Å². The van der Waals surface area contributed by atoms with Gasteiger partial charge in [-0.25, -0.2) is 4.79 Å². The molecule has 0 aliphatic carbocycles. The molecule has 92 valence electrons. The van der Waals surface area contributed by atoms with Crippen LogP contribution in [0.15, 0.2) is 12.2 Å². The first-order valence-electron chi connectivity index (χ1n) is 5.45. The molecule has 16 heavy (non-hydrogen) atoms. The van der Waals surface area contributed by atoms with E-state index in [1.54, 1.807) is 0 Å². The van der Waals surface area contributed by atoms with Gasteiger partial charge in [-0.15, -0.1) is 0 Å². The minimum atomic E-state index is -1.28. The molecule has 0 aromatic rings. The maximum absolute atomic E-state index is 11.3. The van der Waals surface area contributed by atoms with Crippen molar-refractivity contribution >= 4 is 11.9 Å². The molecule has 0 saturated heterocycles. The van der Waals surface area contributed by atoms with Crippen molar-refractivity contribution < 1.29 is 14.7 Å². The predicted molar refractivity (Wildman–Crippen MR) is 61.9 cm³/mol. The summed E-state index contributed by atoms with van der Waals surface area (Å²) in [7, 11) is 0. The average Bonchev–Trinajstić information content (AvgIpc) is 2.24. The van der Waals surface area contributed by atoms with Gasteiger partial charge in [-0.1, -0.05) is 20.4 Å². The van der Waals surface area contributed by atoms with Crippen LogP contribution >= 0.6 is 0 Å². The molecule has 0 spiro atoms. The molecule has 0 unspecified atom stereocenters. The van der Waals surface area contributed by atoms with E-state index < -0.39 is 17.4 Å². The highest BCUT2D eigenvalue weighted by Gasteiger charge is 2.14. The summed E-state index contributed by atoms with van der Waals surface area (Å²) in [5.74, 6) is -1.90. The summed E-state index contributed by atoms with van der Waals surface area (Å²) in [4.78, 5) is 23.8. The Balaban J connectivity index is 4.04. The van der Waals surface area contributed by atoms with Crippen molar-refractivity contribution in [1.29, 1.82) is 0 Å². The highest BCUT2D eigenvalue weighted by Crippen LogP contribution is 1.94. The minimum absolute atomic E-state index is 0.368. The number of hydrogen-bond donors (Lipinski definition) is 2. The van der Waals surface area contributed by atoms with Gasteiger partial charge in [0.25, 0.3) is 5.91 Å². The van der Waals surface area contributed by atoms with Gasteiger partial charge in [0.1, 0.15) is 5.57 Å². The van der Waals surface area contributed by atoms with Gasteiger partial charge in [0.15, 0.2) is 0 Å². The summed E-state index contributed by atoms with van der Waals surface area (Å²) in [5.41, 5.74) is -0.423. The van der Waals surface area contributed by atoms with Crippen LogP contribution in [0, 0.1) is 0 Å². The molecule has 0 fully saturated rings. The maximum Gasteiger partial charge on any atom is 0.340 e. The lowest BCUT2D eigenvalue weighted by Crippen LogP contribution is -2.39. The van der Waals surface area contributed by atoms with Crippen LogP contribution in [-0.2, 0) is 9.59 Å². The van der Waals surface area contributed by atoms with Crippen LogP contribution in [0.4, 0.5) is 0 Å². The molecule has 0 heterocycles. The highest BCUT2D eigenvalue weighted by atomic mass is 16.4. The molecule has 0 saturated carbocycles. The topological polar surface area (TPSA) is 69.6 Å². The number of nitrogens with one attached hydrogen (secondary N) is 1. The lowest BCUT2D eigenvalue weighted by Gasteiger charge is -2.21. The van der Waals surface area contributed by atoms with Crippen LogP contribution in [0.25, 0.3) is 0 Å². The second-order valence-corrected chi connectivity index (χ2v) is 3.57. The van der Waals surface area contributed by atoms with Crippen molar-refractivity contribution in [1.82, 2.24) is 10.2 Å². The van der Waals surface area contributed by atoms with Gasteiger partial charge in [-0.05, 0) is 25.9 Å². The van der Waals surface area contributed by atoms with E-state index in [0.29, 0.717) is 6.67 Å². The molecule has 0 aliphatic heterocycles. The van der Waals surface area contributed by atoms with Crippen molar-refractivity contribution in [2.75, 3.05) is 19.8 Å². The van der Waals surface area contributed by atoms with Crippen molar-refractivity contribution in [3.05, 3.63) is 12.2 Å². The summed E-state index contributed by atoms with van der Waals surface area (Å²) in [6, 6.07) is 0. The summed E-state index contributed by atoms with van der Waals surface area (Å²) >= 11 is 0.